The minimum Gasteiger partial charge on any atom is -0.325 e. The van der Waals surface area contributed by atoms with Crippen LogP contribution >= 0.6 is 0 Å². The third-order valence-electron chi connectivity index (χ3n) is 5.44. The standard InChI is InChI=1S/C25H23N3O3/c1-2-18-10-9-15-21(16-18)26-22(29)17-28-23(30)25(27-24(28)31,19-11-5-3-6-12-19)20-13-7-4-8-14-20/h3-16H,2,17H2,1H3,(H,26,29)(H,27,31). The van der Waals surface area contributed by atoms with Crippen molar-refractivity contribution in [2.75, 3.05) is 11.9 Å². The lowest BCUT2D eigenvalue weighted by atomic mass is 9.82. The number of benzene rings is 3. The summed E-state index contributed by atoms with van der Waals surface area (Å²) in [5, 5.41) is 5.62. The highest BCUT2D eigenvalue weighted by molar-refractivity contribution is 6.12. The third-order valence-corrected chi connectivity index (χ3v) is 5.44. The average molecular weight is 413 g/mol. The first-order valence-corrected chi connectivity index (χ1v) is 10.2. The van der Waals surface area contributed by atoms with E-state index in [2.05, 4.69) is 10.6 Å². The summed E-state index contributed by atoms with van der Waals surface area (Å²) in [4.78, 5) is 40.1. The Morgan fingerprint density at radius 1 is 0.903 bits per heavy atom. The number of amides is 4. The van der Waals surface area contributed by atoms with Crippen LogP contribution in [0.5, 0.6) is 0 Å². The molecule has 0 spiro atoms. The molecule has 0 radical (unpaired) electrons. The Hall–Kier alpha value is -3.93. The summed E-state index contributed by atoms with van der Waals surface area (Å²) in [5.74, 6) is -0.916. The number of aryl methyl sites for hydroxylation is 1. The lowest BCUT2D eigenvalue weighted by Crippen LogP contribution is -2.45. The molecule has 6 heteroatoms. The van der Waals surface area contributed by atoms with Gasteiger partial charge in [-0.2, -0.15) is 0 Å². The fourth-order valence-electron chi connectivity index (χ4n) is 3.87. The number of hydrogen-bond acceptors (Lipinski definition) is 3. The van der Waals surface area contributed by atoms with E-state index in [1.54, 1.807) is 30.3 Å². The Balaban J connectivity index is 1.62. The van der Waals surface area contributed by atoms with Gasteiger partial charge in [-0.3, -0.25) is 14.5 Å². The van der Waals surface area contributed by atoms with Crippen LogP contribution in [0.4, 0.5) is 10.5 Å². The van der Waals surface area contributed by atoms with Gasteiger partial charge in [-0.1, -0.05) is 79.7 Å². The molecule has 1 saturated heterocycles. The van der Waals surface area contributed by atoms with Gasteiger partial charge in [-0.25, -0.2) is 4.79 Å². The maximum Gasteiger partial charge on any atom is 0.326 e. The highest BCUT2D eigenvalue weighted by Gasteiger charge is 2.54. The number of urea groups is 1. The van der Waals surface area contributed by atoms with Crippen LogP contribution in [0.1, 0.15) is 23.6 Å². The number of hydrogen-bond donors (Lipinski definition) is 2. The molecule has 0 unspecified atom stereocenters. The van der Waals surface area contributed by atoms with Crippen LogP contribution in [0, 0.1) is 0 Å². The van der Waals surface area contributed by atoms with Gasteiger partial charge in [-0.05, 0) is 35.2 Å². The highest BCUT2D eigenvalue weighted by atomic mass is 16.2. The molecule has 1 aliphatic heterocycles. The van der Waals surface area contributed by atoms with Crippen molar-refractivity contribution in [3.63, 3.8) is 0 Å². The molecule has 0 bridgehead atoms. The zero-order valence-corrected chi connectivity index (χ0v) is 17.2. The topological polar surface area (TPSA) is 78.5 Å². The van der Waals surface area contributed by atoms with Crippen molar-refractivity contribution < 1.29 is 14.4 Å². The van der Waals surface area contributed by atoms with E-state index in [1.165, 1.54) is 0 Å². The quantitative estimate of drug-likeness (QED) is 0.605. The highest BCUT2D eigenvalue weighted by Crippen LogP contribution is 2.35. The molecule has 0 aromatic heterocycles. The smallest absolute Gasteiger partial charge is 0.325 e. The van der Waals surface area contributed by atoms with E-state index in [4.69, 9.17) is 0 Å². The van der Waals surface area contributed by atoms with Gasteiger partial charge in [0.05, 0.1) is 0 Å². The van der Waals surface area contributed by atoms with Gasteiger partial charge in [0.15, 0.2) is 5.54 Å². The summed E-state index contributed by atoms with van der Waals surface area (Å²) in [7, 11) is 0. The second-order valence-electron chi connectivity index (χ2n) is 7.41. The molecule has 0 atom stereocenters. The van der Waals surface area contributed by atoms with E-state index in [-0.39, 0.29) is 6.54 Å². The van der Waals surface area contributed by atoms with Crippen molar-refractivity contribution in [2.45, 2.75) is 18.9 Å². The fraction of sp³-hybridized carbons (Fsp3) is 0.160. The van der Waals surface area contributed by atoms with Crippen LogP contribution in [0.2, 0.25) is 0 Å². The number of anilines is 1. The lowest BCUT2D eigenvalue weighted by Gasteiger charge is -2.28. The van der Waals surface area contributed by atoms with E-state index in [0.717, 1.165) is 16.9 Å². The number of nitrogens with one attached hydrogen (secondary N) is 2. The molecular weight excluding hydrogens is 390 g/mol. The van der Waals surface area contributed by atoms with Crippen molar-refractivity contribution in [1.82, 2.24) is 10.2 Å². The summed E-state index contributed by atoms with van der Waals surface area (Å²) < 4.78 is 0. The molecule has 3 aromatic carbocycles. The van der Waals surface area contributed by atoms with Gasteiger partial charge >= 0.3 is 6.03 Å². The molecule has 0 saturated carbocycles. The Morgan fingerprint density at radius 3 is 2.10 bits per heavy atom. The van der Waals surface area contributed by atoms with Crippen LogP contribution in [-0.4, -0.2) is 29.3 Å². The van der Waals surface area contributed by atoms with E-state index in [0.29, 0.717) is 16.8 Å². The summed E-state index contributed by atoms with van der Waals surface area (Å²) in [6, 6.07) is 25.0. The van der Waals surface area contributed by atoms with Gasteiger partial charge in [0.25, 0.3) is 5.91 Å². The zero-order valence-electron chi connectivity index (χ0n) is 17.2. The van der Waals surface area contributed by atoms with Crippen molar-refractivity contribution >= 4 is 23.5 Å². The van der Waals surface area contributed by atoms with Gasteiger partial charge in [0.1, 0.15) is 6.54 Å². The molecule has 3 aromatic rings. The van der Waals surface area contributed by atoms with E-state index in [9.17, 15) is 14.4 Å². The third kappa shape index (κ3) is 3.80. The minimum atomic E-state index is -1.37. The van der Waals surface area contributed by atoms with Crippen LogP contribution < -0.4 is 10.6 Å². The van der Waals surface area contributed by atoms with Crippen molar-refractivity contribution in [3.05, 3.63) is 102 Å². The molecule has 1 heterocycles. The molecular formula is C25H23N3O3. The number of carbonyl (C=O) groups excluding carboxylic acids is 3. The van der Waals surface area contributed by atoms with E-state index in [1.807, 2.05) is 61.5 Å². The molecule has 1 aliphatic rings. The Bertz CT molecular complexity index is 1070. The van der Waals surface area contributed by atoms with Crippen LogP contribution in [0.25, 0.3) is 0 Å². The number of rotatable bonds is 6. The van der Waals surface area contributed by atoms with Gasteiger partial charge < -0.3 is 10.6 Å². The largest absolute Gasteiger partial charge is 0.326 e. The second-order valence-corrected chi connectivity index (χ2v) is 7.41. The summed E-state index contributed by atoms with van der Waals surface area (Å²) in [5.41, 5.74) is 1.62. The first-order valence-electron chi connectivity index (χ1n) is 10.2. The average Bonchev–Trinajstić information content (AvgIpc) is 3.06. The first-order chi connectivity index (χ1) is 15.0. The predicted molar refractivity (Wildman–Crippen MR) is 118 cm³/mol. The van der Waals surface area contributed by atoms with Crippen molar-refractivity contribution in [1.29, 1.82) is 0 Å². The monoisotopic (exact) mass is 413 g/mol. The summed E-state index contributed by atoms with van der Waals surface area (Å²) >= 11 is 0. The Kier molecular flexibility index (Phi) is 5.54. The molecule has 31 heavy (non-hydrogen) atoms. The summed E-state index contributed by atoms with van der Waals surface area (Å²) in [6.07, 6.45) is 0.841. The lowest BCUT2D eigenvalue weighted by molar-refractivity contribution is -0.133. The van der Waals surface area contributed by atoms with Gasteiger partial charge in [-0.15, -0.1) is 0 Å². The second kappa shape index (κ2) is 8.44. The minimum absolute atomic E-state index is 0.373. The number of carbonyl (C=O) groups is 3. The van der Waals surface area contributed by atoms with Gasteiger partial charge in [0, 0.05) is 5.69 Å². The molecule has 2 N–H and O–H groups in total. The van der Waals surface area contributed by atoms with Crippen LogP contribution in [0.15, 0.2) is 84.9 Å². The SMILES string of the molecule is CCc1cccc(NC(=O)CN2C(=O)NC(c3ccccc3)(c3ccccc3)C2=O)c1. The number of imide groups is 1. The first kappa shape index (κ1) is 20.3. The van der Waals surface area contributed by atoms with Crippen LogP contribution in [0.3, 0.4) is 0 Å². The van der Waals surface area contributed by atoms with Crippen molar-refractivity contribution in [2.24, 2.45) is 0 Å². The van der Waals surface area contributed by atoms with Crippen molar-refractivity contribution in [3.8, 4) is 0 Å². The predicted octanol–water partition coefficient (Wildman–Crippen LogP) is 3.68. The maximum absolute atomic E-state index is 13.6. The Morgan fingerprint density at radius 2 is 1.52 bits per heavy atom. The zero-order chi connectivity index (χ0) is 21.8. The van der Waals surface area contributed by atoms with Gasteiger partial charge in [0.2, 0.25) is 5.91 Å². The number of nitrogens with zero attached hydrogens (tertiary/aromatic N) is 1. The molecule has 6 nitrogen and oxygen atoms in total. The molecule has 1 fully saturated rings. The molecule has 0 aliphatic carbocycles. The maximum atomic E-state index is 13.6. The molecule has 4 amide bonds. The van der Waals surface area contributed by atoms with E-state index >= 15 is 0 Å². The fourth-order valence-corrected chi connectivity index (χ4v) is 3.87. The normalized spacial score (nSPS) is 14.9. The summed E-state index contributed by atoms with van der Waals surface area (Å²) in [6.45, 7) is 1.66. The van der Waals surface area contributed by atoms with E-state index < -0.39 is 23.4 Å². The Labute approximate surface area is 180 Å². The molecule has 4 rings (SSSR count). The molecule has 156 valence electrons. The van der Waals surface area contributed by atoms with Crippen LogP contribution in [-0.2, 0) is 21.5 Å².